The molecule has 2 aliphatic rings. The number of hydrogen-bond acceptors (Lipinski definition) is 6. The molecular formula is C17H22N6O. The summed E-state index contributed by atoms with van der Waals surface area (Å²) in [7, 11) is 3.88. The molecule has 0 atom stereocenters. The minimum atomic E-state index is -0.0652. The van der Waals surface area contributed by atoms with Crippen LogP contribution in [-0.4, -0.2) is 50.8 Å². The number of hydrogen-bond donors (Lipinski definition) is 0. The van der Waals surface area contributed by atoms with Crippen molar-refractivity contribution < 1.29 is 0 Å². The molecule has 0 radical (unpaired) electrons. The van der Waals surface area contributed by atoms with Gasteiger partial charge in [0.25, 0.3) is 5.56 Å². The highest BCUT2D eigenvalue weighted by Gasteiger charge is 2.32. The molecule has 0 spiro atoms. The summed E-state index contributed by atoms with van der Waals surface area (Å²) in [4.78, 5) is 20.2. The van der Waals surface area contributed by atoms with Crippen LogP contribution in [0.15, 0.2) is 23.3 Å². The van der Waals surface area contributed by atoms with Gasteiger partial charge in [-0.25, -0.2) is 0 Å². The van der Waals surface area contributed by atoms with Crippen molar-refractivity contribution >= 4 is 5.82 Å². The molecule has 4 rings (SSSR count). The molecule has 0 aromatic carbocycles. The lowest BCUT2D eigenvalue weighted by Gasteiger charge is -2.44. The summed E-state index contributed by atoms with van der Waals surface area (Å²) < 4.78 is 1.66. The van der Waals surface area contributed by atoms with Crippen molar-refractivity contribution in [1.29, 1.82) is 0 Å². The molecule has 2 aromatic rings. The van der Waals surface area contributed by atoms with Gasteiger partial charge in [-0.15, -0.1) is 5.10 Å². The third-order valence-corrected chi connectivity index (χ3v) is 5.20. The average Bonchev–Trinajstić information content (AvgIpc) is 2.98. The third kappa shape index (κ3) is 2.69. The van der Waals surface area contributed by atoms with E-state index in [0.717, 1.165) is 37.4 Å². The predicted molar refractivity (Wildman–Crippen MR) is 91.0 cm³/mol. The minimum Gasteiger partial charge on any atom is -0.352 e. The maximum Gasteiger partial charge on any atom is 0.268 e. The van der Waals surface area contributed by atoms with E-state index in [4.69, 9.17) is 0 Å². The molecule has 2 aromatic heterocycles. The molecule has 1 aliphatic carbocycles. The fourth-order valence-corrected chi connectivity index (χ4v) is 3.43. The predicted octanol–water partition coefficient (Wildman–Crippen LogP) is 0.380. The molecule has 0 amide bonds. The number of likely N-dealkylation sites (N-methyl/N-ethyl adjacent to an activating group) is 1. The molecule has 7 heteroatoms. The standard InChI is InChI=1S/C17H22N6O/c1-21(9-13-7-18-8-17(24)22(13)2)14-10-23(11-14)16-6-12-4-3-5-15(12)19-20-16/h6-8,14H,3-5,9-11H2,1-2H3. The van der Waals surface area contributed by atoms with Gasteiger partial charge in [0, 0.05) is 38.9 Å². The Kier molecular flexibility index (Phi) is 3.80. The van der Waals surface area contributed by atoms with Gasteiger partial charge < -0.3 is 9.47 Å². The molecule has 1 fully saturated rings. The molecule has 0 unspecified atom stereocenters. The van der Waals surface area contributed by atoms with Crippen molar-refractivity contribution in [2.75, 3.05) is 25.0 Å². The number of fused-ring (bicyclic) bond motifs is 1. The van der Waals surface area contributed by atoms with Gasteiger partial charge in [0.05, 0.1) is 17.6 Å². The topological polar surface area (TPSA) is 67.2 Å². The van der Waals surface area contributed by atoms with Crippen LogP contribution in [0.25, 0.3) is 0 Å². The summed E-state index contributed by atoms with van der Waals surface area (Å²) in [6.07, 6.45) is 6.51. The Morgan fingerprint density at radius 3 is 2.92 bits per heavy atom. The van der Waals surface area contributed by atoms with Crippen LogP contribution in [0.1, 0.15) is 23.4 Å². The van der Waals surface area contributed by atoms with E-state index in [1.807, 2.05) is 0 Å². The molecule has 3 heterocycles. The second kappa shape index (κ2) is 5.98. The number of nitrogens with zero attached hydrogens (tertiary/aromatic N) is 6. The van der Waals surface area contributed by atoms with Gasteiger partial charge in [-0.1, -0.05) is 0 Å². The molecule has 7 nitrogen and oxygen atoms in total. The van der Waals surface area contributed by atoms with E-state index < -0.39 is 0 Å². The van der Waals surface area contributed by atoms with Crippen LogP contribution in [0.2, 0.25) is 0 Å². The van der Waals surface area contributed by atoms with Crippen molar-refractivity contribution in [2.45, 2.75) is 31.8 Å². The van der Waals surface area contributed by atoms with E-state index in [2.05, 4.69) is 38.1 Å². The molecule has 1 aliphatic heterocycles. The van der Waals surface area contributed by atoms with Crippen LogP contribution in [0, 0.1) is 0 Å². The van der Waals surface area contributed by atoms with Crippen molar-refractivity contribution in [3.63, 3.8) is 0 Å². The maximum absolute atomic E-state index is 11.7. The molecule has 126 valence electrons. The van der Waals surface area contributed by atoms with E-state index in [-0.39, 0.29) is 5.56 Å². The van der Waals surface area contributed by atoms with Crippen LogP contribution < -0.4 is 10.5 Å². The Labute approximate surface area is 140 Å². The number of aromatic nitrogens is 4. The Morgan fingerprint density at radius 1 is 1.25 bits per heavy atom. The Morgan fingerprint density at radius 2 is 2.08 bits per heavy atom. The van der Waals surface area contributed by atoms with Crippen LogP contribution in [0.5, 0.6) is 0 Å². The van der Waals surface area contributed by atoms with Crippen molar-refractivity contribution in [3.05, 3.63) is 45.8 Å². The first-order valence-electron chi connectivity index (χ1n) is 8.42. The molecule has 24 heavy (non-hydrogen) atoms. The zero-order valence-electron chi connectivity index (χ0n) is 14.1. The summed E-state index contributed by atoms with van der Waals surface area (Å²) in [5.74, 6) is 0.995. The fourth-order valence-electron chi connectivity index (χ4n) is 3.43. The van der Waals surface area contributed by atoms with Gasteiger partial charge in [0.1, 0.15) is 0 Å². The van der Waals surface area contributed by atoms with Crippen LogP contribution in [-0.2, 0) is 26.4 Å². The van der Waals surface area contributed by atoms with Crippen molar-refractivity contribution in [3.8, 4) is 0 Å². The largest absolute Gasteiger partial charge is 0.352 e. The fraction of sp³-hybridized carbons (Fsp3) is 0.529. The highest BCUT2D eigenvalue weighted by atomic mass is 16.1. The lowest BCUT2D eigenvalue weighted by Crippen LogP contribution is -2.58. The second-order valence-electron chi connectivity index (χ2n) is 6.80. The zero-order valence-corrected chi connectivity index (χ0v) is 14.1. The third-order valence-electron chi connectivity index (χ3n) is 5.20. The van der Waals surface area contributed by atoms with Gasteiger partial charge >= 0.3 is 0 Å². The van der Waals surface area contributed by atoms with E-state index in [9.17, 15) is 4.79 Å². The zero-order chi connectivity index (χ0) is 16.7. The maximum atomic E-state index is 11.7. The number of rotatable bonds is 4. The summed E-state index contributed by atoms with van der Waals surface area (Å²) >= 11 is 0. The highest BCUT2D eigenvalue weighted by molar-refractivity contribution is 5.45. The van der Waals surface area contributed by atoms with Crippen molar-refractivity contribution in [1.82, 2.24) is 24.6 Å². The van der Waals surface area contributed by atoms with E-state index in [0.29, 0.717) is 12.6 Å². The Hall–Kier alpha value is -2.28. The van der Waals surface area contributed by atoms with E-state index in [1.54, 1.807) is 17.8 Å². The smallest absolute Gasteiger partial charge is 0.268 e. The molecule has 0 N–H and O–H groups in total. The van der Waals surface area contributed by atoms with E-state index in [1.165, 1.54) is 23.9 Å². The van der Waals surface area contributed by atoms with Crippen LogP contribution in [0.3, 0.4) is 0 Å². The summed E-state index contributed by atoms with van der Waals surface area (Å²) in [6.45, 7) is 2.60. The second-order valence-corrected chi connectivity index (χ2v) is 6.80. The SMILES string of the molecule is CN(Cc1cncc(=O)n1C)C1CN(c2cc3c(nn2)CCC3)C1. The van der Waals surface area contributed by atoms with Gasteiger partial charge in [-0.3, -0.25) is 14.7 Å². The highest BCUT2D eigenvalue weighted by Crippen LogP contribution is 2.26. The van der Waals surface area contributed by atoms with Crippen molar-refractivity contribution in [2.24, 2.45) is 7.05 Å². The van der Waals surface area contributed by atoms with Crippen LogP contribution in [0.4, 0.5) is 5.82 Å². The lowest BCUT2D eigenvalue weighted by molar-refractivity contribution is 0.192. The van der Waals surface area contributed by atoms with Gasteiger partial charge in [0.2, 0.25) is 0 Å². The minimum absolute atomic E-state index is 0.0652. The first-order valence-corrected chi connectivity index (χ1v) is 8.42. The first-order chi connectivity index (χ1) is 11.6. The molecule has 0 saturated carbocycles. The number of aryl methyl sites for hydroxylation is 2. The van der Waals surface area contributed by atoms with Crippen LogP contribution >= 0.6 is 0 Å². The molecule has 1 saturated heterocycles. The lowest BCUT2D eigenvalue weighted by atomic mass is 10.1. The van der Waals surface area contributed by atoms with Gasteiger partial charge in [-0.2, -0.15) is 5.10 Å². The number of anilines is 1. The summed E-state index contributed by atoms with van der Waals surface area (Å²) in [5.41, 5.74) is 3.40. The molecular weight excluding hydrogens is 304 g/mol. The monoisotopic (exact) mass is 326 g/mol. The average molecular weight is 326 g/mol. The van der Waals surface area contributed by atoms with E-state index >= 15 is 0 Å². The Balaban J connectivity index is 1.38. The Bertz CT molecular complexity index is 811. The van der Waals surface area contributed by atoms with Gasteiger partial charge in [-0.05, 0) is 37.9 Å². The quantitative estimate of drug-likeness (QED) is 0.809. The first kappa shape index (κ1) is 15.3. The summed E-state index contributed by atoms with van der Waals surface area (Å²) in [6, 6.07) is 2.66. The normalized spacial score (nSPS) is 17.2. The van der Waals surface area contributed by atoms with Gasteiger partial charge in [0.15, 0.2) is 5.82 Å². The summed E-state index contributed by atoms with van der Waals surface area (Å²) in [5, 5.41) is 8.75. The molecule has 0 bridgehead atoms.